The summed E-state index contributed by atoms with van der Waals surface area (Å²) in [5, 5.41) is 12.1. The van der Waals surface area contributed by atoms with Crippen molar-refractivity contribution in [3.8, 4) is 0 Å². The number of benzene rings is 1. The van der Waals surface area contributed by atoms with Crippen LogP contribution in [0, 0.1) is 5.92 Å². The molecule has 6 heteroatoms. The second-order valence-corrected chi connectivity index (χ2v) is 5.86. The fourth-order valence-electron chi connectivity index (χ4n) is 2.57. The van der Waals surface area contributed by atoms with Crippen LogP contribution in [-0.2, 0) is 4.79 Å². The molecule has 0 radical (unpaired) electrons. The lowest BCUT2D eigenvalue weighted by Crippen LogP contribution is -2.41. The van der Waals surface area contributed by atoms with Gasteiger partial charge in [-0.15, -0.1) is 0 Å². The number of carbonyl (C=O) groups excluding carboxylic acids is 1. The van der Waals surface area contributed by atoms with E-state index < -0.39 is 0 Å². The summed E-state index contributed by atoms with van der Waals surface area (Å²) in [5.41, 5.74) is 7.05. The molecule has 1 unspecified atom stereocenters. The number of likely N-dealkylation sites (tertiary alicyclic amines) is 1. The number of hydrogen-bond acceptors (Lipinski definition) is 4. The summed E-state index contributed by atoms with van der Waals surface area (Å²) in [7, 11) is 0. The van der Waals surface area contributed by atoms with Gasteiger partial charge in [0.25, 0.3) is 0 Å². The van der Waals surface area contributed by atoms with Crippen molar-refractivity contribution in [3.05, 3.63) is 29.8 Å². The average molecular weight is 307 g/mol. The molecule has 1 fully saturated rings. The predicted octanol–water partition coefficient (Wildman–Crippen LogP) is 0.964. The van der Waals surface area contributed by atoms with Crippen LogP contribution in [0.25, 0.3) is 0 Å². The fraction of sp³-hybridized carbons (Fsp3) is 0.467. The molecule has 5 nitrogen and oxygen atoms in total. The highest BCUT2D eigenvalue weighted by molar-refractivity contribution is 7.80. The van der Waals surface area contributed by atoms with Crippen molar-refractivity contribution in [3.63, 3.8) is 0 Å². The van der Waals surface area contributed by atoms with Gasteiger partial charge in [-0.25, -0.2) is 0 Å². The van der Waals surface area contributed by atoms with Crippen molar-refractivity contribution in [2.45, 2.75) is 12.8 Å². The van der Waals surface area contributed by atoms with E-state index in [0.29, 0.717) is 11.5 Å². The number of nitrogens with one attached hydrogen (secondary N) is 1. The lowest BCUT2D eigenvalue weighted by atomic mass is 9.99. The molecule has 2 rings (SSSR count). The van der Waals surface area contributed by atoms with Crippen molar-refractivity contribution in [1.82, 2.24) is 4.90 Å². The Kier molecular flexibility index (Phi) is 5.67. The summed E-state index contributed by atoms with van der Waals surface area (Å²) in [5.74, 6) is 0.244. The first-order valence-corrected chi connectivity index (χ1v) is 7.52. The molecule has 0 spiro atoms. The van der Waals surface area contributed by atoms with Crippen LogP contribution in [0.3, 0.4) is 0 Å². The van der Waals surface area contributed by atoms with E-state index in [1.807, 2.05) is 0 Å². The Bertz CT molecular complexity index is 504. The Morgan fingerprint density at radius 3 is 2.76 bits per heavy atom. The SMILES string of the molecule is NC(=S)c1ccc(NC(=O)CN2CCCC(CO)C2)cc1. The van der Waals surface area contributed by atoms with E-state index in [1.54, 1.807) is 24.3 Å². The minimum absolute atomic E-state index is 0.0448. The van der Waals surface area contributed by atoms with Gasteiger partial charge in [0, 0.05) is 24.4 Å². The molecule has 0 aliphatic carbocycles. The molecule has 1 aliphatic heterocycles. The first-order chi connectivity index (χ1) is 10.1. The van der Waals surface area contributed by atoms with Crippen LogP contribution in [-0.4, -0.2) is 47.1 Å². The van der Waals surface area contributed by atoms with Gasteiger partial charge in [-0.3, -0.25) is 9.69 Å². The number of aliphatic hydroxyl groups is 1. The Morgan fingerprint density at radius 2 is 2.14 bits per heavy atom. The van der Waals surface area contributed by atoms with Crippen LogP contribution < -0.4 is 11.1 Å². The maximum atomic E-state index is 12.0. The van der Waals surface area contributed by atoms with E-state index in [1.165, 1.54) is 0 Å². The number of thiocarbonyl (C=S) groups is 1. The van der Waals surface area contributed by atoms with Crippen molar-refractivity contribution in [2.75, 3.05) is 31.6 Å². The molecule has 21 heavy (non-hydrogen) atoms. The van der Waals surface area contributed by atoms with Crippen LogP contribution >= 0.6 is 12.2 Å². The zero-order chi connectivity index (χ0) is 15.2. The summed E-state index contributed by atoms with van der Waals surface area (Å²) in [4.78, 5) is 14.5. The van der Waals surface area contributed by atoms with Gasteiger partial charge in [-0.1, -0.05) is 12.2 Å². The van der Waals surface area contributed by atoms with Gasteiger partial charge in [0.2, 0.25) is 5.91 Å². The molecule has 1 aliphatic rings. The monoisotopic (exact) mass is 307 g/mol. The van der Waals surface area contributed by atoms with Gasteiger partial charge in [0.1, 0.15) is 4.99 Å². The summed E-state index contributed by atoms with van der Waals surface area (Å²) in [6.07, 6.45) is 2.07. The highest BCUT2D eigenvalue weighted by Crippen LogP contribution is 2.16. The van der Waals surface area contributed by atoms with E-state index >= 15 is 0 Å². The number of piperidine rings is 1. The molecule has 1 saturated heterocycles. The number of amides is 1. The molecule has 0 saturated carbocycles. The minimum atomic E-state index is -0.0448. The topological polar surface area (TPSA) is 78.6 Å². The average Bonchev–Trinajstić information content (AvgIpc) is 2.47. The highest BCUT2D eigenvalue weighted by Gasteiger charge is 2.20. The zero-order valence-electron chi connectivity index (χ0n) is 11.9. The fourth-order valence-corrected chi connectivity index (χ4v) is 2.70. The zero-order valence-corrected chi connectivity index (χ0v) is 12.7. The molecule has 114 valence electrons. The molecular formula is C15H21N3O2S. The summed E-state index contributed by atoms with van der Waals surface area (Å²) in [6, 6.07) is 7.17. The number of anilines is 1. The van der Waals surface area contributed by atoms with Crippen LogP contribution in [0.5, 0.6) is 0 Å². The Morgan fingerprint density at radius 1 is 1.43 bits per heavy atom. The van der Waals surface area contributed by atoms with Crippen molar-refractivity contribution >= 4 is 28.8 Å². The number of aliphatic hydroxyl groups excluding tert-OH is 1. The maximum Gasteiger partial charge on any atom is 0.238 e. The maximum absolute atomic E-state index is 12.0. The van der Waals surface area contributed by atoms with Gasteiger partial charge in [-0.05, 0) is 49.6 Å². The van der Waals surface area contributed by atoms with Crippen molar-refractivity contribution < 1.29 is 9.90 Å². The molecule has 1 aromatic carbocycles. The number of nitrogens with zero attached hydrogens (tertiary/aromatic N) is 1. The minimum Gasteiger partial charge on any atom is -0.396 e. The first-order valence-electron chi connectivity index (χ1n) is 7.11. The largest absolute Gasteiger partial charge is 0.396 e. The number of carbonyl (C=O) groups is 1. The Labute approximate surface area is 130 Å². The van der Waals surface area contributed by atoms with Gasteiger partial charge >= 0.3 is 0 Å². The second-order valence-electron chi connectivity index (χ2n) is 5.42. The first kappa shape index (κ1) is 15.9. The third-order valence-corrected chi connectivity index (χ3v) is 3.92. The number of nitrogens with two attached hydrogens (primary N) is 1. The standard InChI is InChI=1S/C15H21N3O2S/c16-15(21)12-3-5-13(6-4-12)17-14(20)9-18-7-1-2-11(8-18)10-19/h3-6,11,19H,1-2,7-10H2,(H2,16,21)(H,17,20). The normalized spacial score (nSPS) is 19.2. The van der Waals surface area contributed by atoms with Gasteiger partial charge < -0.3 is 16.2 Å². The molecule has 1 amide bonds. The van der Waals surface area contributed by atoms with E-state index in [9.17, 15) is 9.90 Å². The summed E-state index contributed by atoms with van der Waals surface area (Å²) < 4.78 is 0. The predicted molar refractivity (Wildman–Crippen MR) is 87.2 cm³/mol. The number of hydrogen-bond donors (Lipinski definition) is 3. The molecule has 4 N–H and O–H groups in total. The Balaban J connectivity index is 1.85. The third kappa shape index (κ3) is 4.77. The second kappa shape index (κ2) is 7.49. The van der Waals surface area contributed by atoms with Crippen LogP contribution in [0.15, 0.2) is 24.3 Å². The van der Waals surface area contributed by atoms with E-state index in [0.717, 1.165) is 37.2 Å². The molecular weight excluding hydrogens is 286 g/mol. The molecule has 1 atom stereocenters. The third-order valence-electron chi connectivity index (χ3n) is 3.68. The quantitative estimate of drug-likeness (QED) is 0.706. The lowest BCUT2D eigenvalue weighted by Gasteiger charge is -2.31. The highest BCUT2D eigenvalue weighted by atomic mass is 32.1. The van der Waals surface area contributed by atoms with Crippen LogP contribution in [0.2, 0.25) is 0 Å². The van der Waals surface area contributed by atoms with Crippen molar-refractivity contribution in [2.24, 2.45) is 11.7 Å². The lowest BCUT2D eigenvalue weighted by molar-refractivity contribution is -0.117. The van der Waals surface area contributed by atoms with Crippen molar-refractivity contribution in [1.29, 1.82) is 0 Å². The van der Waals surface area contributed by atoms with Gasteiger partial charge in [0.05, 0.1) is 6.54 Å². The number of rotatable bonds is 5. The molecule has 0 aromatic heterocycles. The molecule has 1 heterocycles. The van der Waals surface area contributed by atoms with Crippen LogP contribution in [0.1, 0.15) is 18.4 Å². The molecule has 0 bridgehead atoms. The molecule has 1 aromatic rings. The van der Waals surface area contributed by atoms with Gasteiger partial charge in [0.15, 0.2) is 0 Å². The van der Waals surface area contributed by atoms with E-state index in [-0.39, 0.29) is 18.4 Å². The smallest absolute Gasteiger partial charge is 0.238 e. The van der Waals surface area contributed by atoms with Gasteiger partial charge in [-0.2, -0.15) is 0 Å². The van der Waals surface area contributed by atoms with Crippen LogP contribution in [0.4, 0.5) is 5.69 Å². The summed E-state index contributed by atoms with van der Waals surface area (Å²) in [6.45, 7) is 2.24. The Hall–Kier alpha value is -1.50. The summed E-state index contributed by atoms with van der Waals surface area (Å²) >= 11 is 4.89. The van der Waals surface area contributed by atoms with E-state index in [4.69, 9.17) is 18.0 Å². The van der Waals surface area contributed by atoms with E-state index in [2.05, 4.69) is 10.2 Å².